The van der Waals surface area contributed by atoms with Crippen LogP contribution in [0.1, 0.15) is 47.5 Å². The zero-order valence-corrected chi connectivity index (χ0v) is 15.3. The summed E-state index contributed by atoms with van der Waals surface area (Å²) in [6.07, 6.45) is 2.21. The summed E-state index contributed by atoms with van der Waals surface area (Å²) in [4.78, 5) is 14.9. The number of carbonyl (C=O) groups is 1. The third kappa shape index (κ3) is 3.93. The number of hydrogen-bond acceptors (Lipinski definition) is 4. The fraction of sp³-hybridized carbons (Fsp3) is 0.500. The van der Waals surface area contributed by atoms with Crippen LogP contribution in [-0.4, -0.2) is 35.6 Å². The summed E-state index contributed by atoms with van der Waals surface area (Å²) in [5.74, 6) is 1.02. The van der Waals surface area contributed by atoms with Gasteiger partial charge in [0.2, 0.25) is 5.91 Å². The molecule has 1 atom stereocenters. The number of rotatable bonds is 5. The van der Waals surface area contributed by atoms with Gasteiger partial charge in [0.25, 0.3) is 0 Å². The molecule has 0 spiro atoms. The number of aromatic nitrogens is 1. The van der Waals surface area contributed by atoms with E-state index in [1.54, 1.807) is 0 Å². The quantitative estimate of drug-likeness (QED) is 0.908. The molecule has 1 aromatic heterocycles. The predicted octanol–water partition coefficient (Wildman–Crippen LogP) is 2.96. The van der Waals surface area contributed by atoms with Crippen molar-refractivity contribution in [3.05, 3.63) is 52.4 Å². The molecule has 25 heavy (non-hydrogen) atoms. The molecule has 1 unspecified atom stereocenters. The van der Waals surface area contributed by atoms with Gasteiger partial charge >= 0.3 is 0 Å². The maximum absolute atomic E-state index is 12.9. The lowest BCUT2D eigenvalue weighted by Crippen LogP contribution is -2.48. The smallest absolute Gasteiger partial charge is 0.223 e. The van der Waals surface area contributed by atoms with Gasteiger partial charge in [-0.2, -0.15) is 0 Å². The van der Waals surface area contributed by atoms with Gasteiger partial charge in [-0.25, -0.2) is 0 Å². The highest BCUT2D eigenvalue weighted by Crippen LogP contribution is 2.24. The van der Waals surface area contributed by atoms with E-state index in [0.29, 0.717) is 12.8 Å². The summed E-state index contributed by atoms with van der Waals surface area (Å²) in [5, 5.41) is 7.39. The van der Waals surface area contributed by atoms with Crippen LogP contribution in [0.2, 0.25) is 0 Å². The Hall–Kier alpha value is -2.14. The van der Waals surface area contributed by atoms with Crippen molar-refractivity contribution in [2.75, 3.05) is 19.6 Å². The van der Waals surface area contributed by atoms with Crippen molar-refractivity contribution in [3.63, 3.8) is 0 Å². The fourth-order valence-corrected chi connectivity index (χ4v) is 3.51. The molecule has 0 bridgehead atoms. The summed E-state index contributed by atoms with van der Waals surface area (Å²) in [7, 11) is 0. The molecule has 0 saturated carbocycles. The molecule has 0 aliphatic carbocycles. The molecule has 1 N–H and O–H groups in total. The third-order valence-corrected chi connectivity index (χ3v) is 5.11. The van der Waals surface area contributed by atoms with Crippen LogP contribution in [0.15, 0.2) is 28.8 Å². The minimum absolute atomic E-state index is 0.108. The van der Waals surface area contributed by atoms with Crippen LogP contribution in [0.3, 0.4) is 0 Å². The Bertz CT molecular complexity index is 702. The summed E-state index contributed by atoms with van der Waals surface area (Å²) < 4.78 is 5.20. The molecule has 2 heterocycles. The first-order chi connectivity index (χ1) is 12.1. The second kappa shape index (κ2) is 7.83. The van der Waals surface area contributed by atoms with Crippen LogP contribution in [0.5, 0.6) is 0 Å². The van der Waals surface area contributed by atoms with E-state index in [4.69, 9.17) is 4.52 Å². The number of hydrogen-bond donors (Lipinski definition) is 1. The topological polar surface area (TPSA) is 58.4 Å². The van der Waals surface area contributed by atoms with Crippen LogP contribution >= 0.6 is 0 Å². The normalized spacial score (nSPS) is 17.7. The van der Waals surface area contributed by atoms with Crippen LogP contribution in [0.4, 0.5) is 0 Å². The summed E-state index contributed by atoms with van der Waals surface area (Å²) in [5.41, 5.74) is 4.48. The van der Waals surface area contributed by atoms with E-state index in [9.17, 15) is 4.79 Å². The second-order valence-electron chi connectivity index (χ2n) is 6.70. The molecule has 1 amide bonds. The molecule has 1 aliphatic heterocycles. The van der Waals surface area contributed by atoms with Gasteiger partial charge in [-0.15, -0.1) is 0 Å². The molecule has 1 saturated heterocycles. The zero-order chi connectivity index (χ0) is 17.8. The molecule has 134 valence electrons. The second-order valence-corrected chi connectivity index (χ2v) is 6.70. The maximum Gasteiger partial charge on any atom is 0.223 e. The average Bonchev–Trinajstić information content (AvgIpc) is 2.97. The van der Waals surface area contributed by atoms with Gasteiger partial charge in [-0.05, 0) is 37.8 Å². The van der Waals surface area contributed by atoms with Crippen molar-refractivity contribution < 1.29 is 9.32 Å². The van der Waals surface area contributed by atoms with Crippen LogP contribution < -0.4 is 5.32 Å². The Morgan fingerprint density at radius 3 is 2.72 bits per heavy atom. The van der Waals surface area contributed by atoms with E-state index in [2.05, 4.69) is 41.7 Å². The Morgan fingerprint density at radius 2 is 2.08 bits per heavy atom. The monoisotopic (exact) mass is 341 g/mol. The predicted molar refractivity (Wildman–Crippen MR) is 97.4 cm³/mol. The molecule has 1 aromatic carbocycles. The Labute approximate surface area is 149 Å². The maximum atomic E-state index is 12.9. The van der Waals surface area contributed by atoms with Gasteiger partial charge in [0.05, 0.1) is 11.7 Å². The molecule has 0 radical (unpaired) electrons. The van der Waals surface area contributed by atoms with Gasteiger partial charge in [-0.3, -0.25) is 4.79 Å². The highest BCUT2D eigenvalue weighted by atomic mass is 16.5. The lowest BCUT2D eigenvalue weighted by atomic mass is 10.00. The number of nitrogens with zero attached hydrogens (tertiary/aromatic N) is 2. The number of carbonyl (C=O) groups excluding carboxylic acids is 1. The number of benzene rings is 1. The standard InChI is InChI=1S/C20H27N3O2/c1-4-16-5-7-17(8-6-16)19-13-21-11-12-23(19)20(24)10-9-18-14(2)22-25-15(18)3/h5-8,19,21H,4,9-13H2,1-3H3. The first-order valence-corrected chi connectivity index (χ1v) is 9.11. The minimum Gasteiger partial charge on any atom is -0.361 e. The number of nitrogens with one attached hydrogen (secondary N) is 1. The minimum atomic E-state index is 0.108. The van der Waals surface area contributed by atoms with E-state index in [-0.39, 0.29) is 11.9 Å². The largest absolute Gasteiger partial charge is 0.361 e. The van der Waals surface area contributed by atoms with Gasteiger partial charge in [0.15, 0.2) is 0 Å². The molecule has 5 heteroatoms. The molecular formula is C20H27N3O2. The molecular weight excluding hydrogens is 314 g/mol. The van der Waals surface area contributed by atoms with E-state index in [0.717, 1.165) is 43.1 Å². The Balaban J connectivity index is 1.70. The highest BCUT2D eigenvalue weighted by Gasteiger charge is 2.27. The Kier molecular flexibility index (Phi) is 5.53. The summed E-state index contributed by atoms with van der Waals surface area (Å²) >= 11 is 0. The van der Waals surface area contributed by atoms with Crippen molar-refractivity contribution in [1.29, 1.82) is 0 Å². The first-order valence-electron chi connectivity index (χ1n) is 9.11. The summed E-state index contributed by atoms with van der Waals surface area (Å²) in [6, 6.07) is 8.75. The Morgan fingerprint density at radius 1 is 1.32 bits per heavy atom. The first kappa shape index (κ1) is 17.7. The van der Waals surface area contributed by atoms with E-state index in [1.165, 1.54) is 11.1 Å². The van der Waals surface area contributed by atoms with E-state index in [1.807, 2.05) is 18.7 Å². The van der Waals surface area contributed by atoms with Gasteiger partial charge in [0.1, 0.15) is 5.76 Å². The molecule has 5 nitrogen and oxygen atoms in total. The average molecular weight is 341 g/mol. The molecule has 3 rings (SSSR count). The number of aryl methyl sites for hydroxylation is 3. The number of piperazine rings is 1. The van der Waals surface area contributed by atoms with Crippen molar-refractivity contribution in [2.45, 2.75) is 46.1 Å². The molecule has 1 fully saturated rings. The highest BCUT2D eigenvalue weighted by molar-refractivity contribution is 5.77. The van der Waals surface area contributed by atoms with Gasteiger partial charge in [0, 0.05) is 31.6 Å². The van der Waals surface area contributed by atoms with Crippen LogP contribution in [-0.2, 0) is 17.6 Å². The van der Waals surface area contributed by atoms with Gasteiger partial charge < -0.3 is 14.7 Å². The fourth-order valence-electron chi connectivity index (χ4n) is 3.51. The van der Waals surface area contributed by atoms with Crippen LogP contribution in [0, 0.1) is 13.8 Å². The third-order valence-electron chi connectivity index (χ3n) is 5.11. The van der Waals surface area contributed by atoms with E-state index < -0.39 is 0 Å². The van der Waals surface area contributed by atoms with Gasteiger partial charge in [-0.1, -0.05) is 36.3 Å². The van der Waals surface area contributed by atoms with Crippen molar-refractivity contribution in [2.24, 2.45) is 0 Å². The lowest BCUT2D eigenvalue weighted by molar-refractivity contribution is -0.134. The van der Waals surface area contributed by atoms with Crippen molar-refractivity contribution in [3.8, 4) is 0 Å². The van der Waals surface area contributed by atoms with E-state index >= 15 is 0 Å². The SMILES string of the molecule is CCc1ccc(C2CNCCN2C(=O)CCc2c(C)noc2C)cc1. The molecule has 2 aromatic rings. The summed E-state index contributed by atoms with van der Waals surface area (Å²) in [6.45, 7) is 8.40. The number of amides is 1. The lowest BCUT2D eigenvalue weighted by Gasteiger charge is -2.36. The van der Waals surface area contributed by atoms with Crippen molar-refractivity contribution in [1.82, 2.24) is 15.4 Å². The zero-order valence-electron chi connectivity index (χ0n) is 15.3. The van der Waals surface area contributed by atoms with Crippen LogP contribution in [0.25, 0.3) is 0 Å². The van der Waals surface area contributed by atoms with Crippen molar-refractivity contribution >= 4 is 5.91 Å². The molecule has 1 aliphatic rings.